The molecule has 0 spiro atoms. The maximum atomic E-state index is 12.2. The Kier molecular flexibility index (Phi) is 3.99. The third kappa shape index (κ3) is 2.65. The highest BCUT2D eigenvalue weighted by Crippen LogP contribution is 2.41. The molecule has 0 aliphatic carbocycles. The molecule has 3 rings (SSSR count). The normalized spacial score (nSPS) is 16.5. The lowest BCUT2D eigenvalue weighted by atomic mass is 9.83. The summed E-state index contributed by atoms with van der Waals surface area (Å²) in [6.45, 7) is 4.10. The van der Waals surface area contributed by atoms with E-state index in [1.807, 2.05) is 25.1 Å². The van der Waals surface area contributed by atoms with Crippen molar-refractivity contribution < 1.29 is 14.3 Å². The third-order valence-corrected chi connectivity index (χ3v) is 4.61. The molecule has 4 nitrogen and oxygen atoms in total. The number of hydrogen-bond donors (Lipinski definition) is 1. The molecule has 1 amide bonds. The Hall–Kier alpha value is -2.49. The fourth-order valence-corrected chi connectivity index (χ4v) is 3.15. The number of methoxy groups -OCH3 is 2. The molecule has 4 heteroatoms. The van der Waals surface area contributed by atoms with Gasteiger partial charge in [0.15, 0.2) is 11.5 Å². The van der Waals surface area contributed by atoms with Crippen LogP contribution in [0.25, 0.3) is 0 Å². The van der Waals surface area contributed by atoms with Crippen molar-refractivity contribution in [2.45, 2.75) is 26.2 Å². The Morgan fingerprint density at radius 2 is 1.78 bits per heavy atom. The molecule has 0 radical (unpaired) electrons. The van der Waals surface area contributed by atoms with Crippen molar-refractivity contribution in [2.75, 3.05) is 19.5 Å². The van der Waals surface area contributed by atoms with Crippen molar-refractivity contribution >= 4 is 11.6 Å². The highest BCUT2D eigenvalue weighted by Gasteiger charge is 2.28. The van der Waals surface area contributed by atoms with Crippen LogP contribution in [0.5, 0.6) is 11.5 Å². The highest BCUT2D eigenvalue weighted by atomic mass is 16.5. The number of nitrogens with one attached hydrogen (secondary N) is 1. The van der Waals surface area contributed by atoms with E-state index in [4.69, 9.17) is 9.47 Å². The average Bonchev–Trinajstić information content (AvgIpc) is 2.57. The summed E-state index contributed by atoms with van der Waals surface area (Å²) in [5.41, 5.74) is 5.46. The first kappa shape index (κ1) is 15.4. The Balaban J connectivity index is 2.11. The van der Waals surface area contributed by atoms with Crippen LogP contribution < -0.4 is 14.8 Å². The quantitative estimate of drug-likeness (QED) is 0.938. The van der Waals surface area contributed by atoms with Gasteiger partial charge in [0.1, 0.15) is 0 Å². The number of carbonyl (C=O) groups is 1. The number of amides is 1. The molecule has 1 heterocycles. The van der Waals surface area contributed by atoms with E-state index in [9.17, 15) is 4.79 Å². The number of aryl methyl sites for hydroxylation is 1. The zero-order valence-electron chi connectivity index (χ0n) is 13.9. The SMILES string of the molecule is COc1ccc(C2CC(=O)Nc3c2ccc(C)c3C)cc1OC. The van der Waals surface area contributed by atoms with Gasteiger partial charge in [0, 0.05) is 18.0 Å². The van der Waals surface area contributed by atoms with Gasteiger partial charge in [-0.05, 0) is 48.2 Å². The molecule has 0 fully saturated rings. The molecule has 120 valence electrons. The average molecular weight is 311 g/mol. The Labute approximate surface area is 136 Å². The molecule has 1 aliphatic rings. The second-order valence-corrected chi connectivity index (χ2v) is 5.89. The van der Waals surface area contributed by atoms with Crippen molar-refractivity contribution in [1.29, 1.82) is 0 Å². The predicted molar refractivity (Wildman–Crippen MR) is 90.6 cm³/mol. The summed E-state index contributed by atoms with van der Waals surface area (Å²) in [4.78, 5) is 12.2. The first-order valence-corrected chi connectivity index (χ1v) is 7.67. The van der Waals surface area contributed by atoms with Crippen molar-refractivity contribution in [3.8, 4) is 11.5 Å². The molecule has 1 atom stereocenters. The summed E-state index contributed by atoms with van der Waals surface area (Å²) in [5.74, 6) is 1.45. The minimum atomic E-state index is 0.0258. The zero-order chi connectivity index (χ0) is 16.6. The van der Waals surface area contributed by atoms with Gasteiger partial charge in [-0.15, -0.1) is 0 Å². The summed E-state index contributed by atoms with van der Waals surface area (Å²) in [5, 5.41) is 3.03. The van der Waals surface area contributed by atoms with Gasteiger partial charge >= 0.3 is 0 Å². The molecule has 2 aromatic carbocycles. The van der Waals surface area contributed by atoms with Crippen LogP contribution in [0.15, 0.2) is 30.3 Å². The van der Waals surface area contributed by atoms with Crippen LogP contribution in [-0.4, -0.2) is 20.1 Å². The summed E-state index contributed by atoms with van der Waals surface area (Å²) in [6, 6.07) is 10.1. The highest BCUT2D eigenvalue weighted by molar-refractivity contribution is 5.96. The number of anilines is 1. The minimum absolute atomic E-state index is 0.0258. The molecule has 1 unspecified atom stereocenters. The minimum Gasteiger partial charge on any atom is -0.493 e. The van der Waals surface area contributed by atoms with E-state index in [0.717, 1.165) is 22.4 Å². The molecule has 0 saturated heterocycles. The summed E-state index contributed by atoms with van der Waals surface area (Å²) < 4.78 is 10.7. The lowest BCUT2D eigenvalue weighted by Gasteiger charge is -2.28. The van der Waals surface area contributed by atoms with E-state index in [1.54, 1.807) is 14.2 Å². The van der Waals surface area contributed by atoms with E-state index < -0.39 is 0 Å². The van der Waals surface area contributed by atoms with E-state index in [2.05, 4.69) is 24.4 Å². The number of benzene rings is 2. The van der Waals surface area contributed by atoms with Crippen LogP contribution in [0.3, 0.4) is 0 Å². The smallest absolute Gasteiger partial charge is 0.225 e. The predicted octanol–water partition coefficient (Wildman–Crippen LogP) is 3.79. The monoisotopic (exact) mass is 311 g/mol. The van der Waals surface area contributed by atoms with Gasteiger partial charge in [-0.1, -0.05) is 18.2 Å². The summed E-state index contributed by atoms with van der Waals surface area (Å²) in [6.07, 6.45) is 0.436. The lowest BCUT2D eigenvalue weighted by Crippen LogP contribution is -2.24. The molecule has 1 N–H and O–H groups in total. The maximum absolute atomic E-state index is 12.2. The van der Waals surface area contributed by atoms with Gasteiger partial charge in [-0.3, -0.25) is 4.79 Å². The Morgan fingerprint density at radius 3 is 2.48 bits per heavy atom. The van der Waals surface area contributed by atoms with Crippen LogP contribution in [0.4, 0.5) is 5.69 Å². The fraction of sp³-hybridized carbons (Fsp3) is 0.316. The summed E-state index contributed by atoms with van der Waals surface area (Å²) >= 11 is 0. The fourth-order valence-electron chi connectivity index (χ4n) is 3.15. The van der Waals surface area contributed by atoms with Gasteiger partial charge in [0.2, 0.25) is 5.91 Å². The van der Waals surface area contributed by atoms with Gasteiger partial charge in [0.25, 0.3) is 0 Å². The van der Waals surface area contributed by atoms with Crippen molar-refractivity contribution in [2.24, 2.45) is 0 Å². The van der Waals surface area contributed by atoms with Crippen molar-refractivity contribution in [3.05, 3.63) is 52.6 Å². The largest absolute Gasteiger partial charge is 0.493 e. The van der Waals surface area contributed by atoms with Crippen LogP contribution in [0.1, 0.15) is 34.6 Å². The Morgan fingerprint density at radius 1 is 1.04 bits per heavy atom. The van der Waals surface area contributed by atoms with Gasteiger partial charge < -0.3 is 14.8 Å². The van der Waals surface area contributed by atoms with E-state index in [0.29, 0.717) is 17.9 Å². The second kappa shape index (κ2) is 5.95. The van der Waals surface area contributed by atoms with E-state index in [1.165, 1.54) is 5.56 Å². The zero-order valence-corrected chi connectivity index (χ0v) is 13.9. The lowest BCUT2D eigenvalue weighted by molar-refractivity contribution is -0.116. The molecular weight excluding hydrogens is 290 g/mol. The van der Waals surface area contributed by atoms with Gasteiger partial charge in [0.05, 0.1) is 14.2 Å². The van der Waals surface area contributed by atoms with Crippen LogP contribution >= 0.6 is 0 Å². The summed E-state index contributed by atoms with van der Waals surface area (Å²) in [7, 11) is 3.24. The third-order valence-electron chi connectivity index (χ3n) is 4.61. The standard InChI is InChI=1S/C19H21NO3/c1-11-5-7-14-15(10-18(21)20-19(14)12(11)2)13-6-8-16(22-3)17(9-13)23-4/h5-9,15H,10H2,1-4H3,(H,20,21). The van der Waals surface area contributed by atoms with Gasteiger partial charge in [-0.2, -0.15) is 0 Å². The number of hydrogen-bond acceptors (Lipinski definition) is 3. The molecular formula is C19H21NO3. The number of carbonyl (C=O) groups excluding carboxylic acids is 1. The van der Waals surface area contributed by atoms with Crippen molar-refractivity contribution in [1.82, 2.24) is 0 Å². The number of ether oxygens (including phenoxy) is 2. The van der Waals surface area contributed by atoms with Gasteiger partial charge in [-0.25, -0.2) is 0 Å². The molecule has 2 aromatic rings. The van der Waals surface area contributed by atoms with Crippen LogP contribution in [0.2, 0.25) is 0 Å². The number of fused-ring (bicyclic) bond motifs is 1. The molecule has 23 heavy (non-hydrogen) atoms. The number of rotatable bonds is 3. The molecule has 0 saturated carbocycles. The van der Waals surface area contributed by atoms with E-state index in [-0.39, 0.29) is 11.8 Å². The maximum Gasteiger partial charge on any atom is 0.225 e. The van der Waals surface area contributed by atoms with Crippen LogP contribution in [-0.2, 0) is 4.79 Å². The van der Waals surface area contributed by atoms with Crippen molar-refractivity contribution in [3.63, 3.8) is 0 Å². The Bertz CT molecular complexity index is 767. The first-order valence-electron chi connectivity index (χ1n) is 7.67. The topological polar surface area (TPSA) is 47.6 Å². The van der Waals surface area contributed by atoms with E-state index >= 15 is 0 Å². The molecule has 1 aliphatic heterocycles. The second-order valence-electron chi connectivity index (χ2n) is 5.89. The van der Waals surface area contributed by atoms with Crippen LogP contribution in [0, 0.1) is 13.8 Å². The first-order chi connectivity index (χ1) is 11.0. The molecule has 0 bridgehead atoms. The molecule has 0 aromatic heterocycles.